The van der Waals surface area contributed by atoms with Crippen molar-refractivity contribution in [3.05, 3.63) is 0 Å². The molecule has 1 rings (SSSR count). The minimum absolute atomic E-state index is 0.0259. The number of anilines is 1. The Morgan fingerprint density at radius 1 is 1.60 bits per heavy atom. The molecule has 0 saturated heterocycles. The highest BCUT2D eigenvalue weighted by atomic mass is 32.2. The third-order valence-corrected chi connectivity index (χ3v) is 2.35. The van der Waals surface area contributed by atoms with Gasteiger partial charge in [0.25, 0.3) is 0 Å². The van der Waals surface area contributed by atoms with Gasteiger partial charge >= 0.3 is 6.18 Å². The molecule has 15 heavy (non-hydrogen) atoms. The molecule has 9 heteroatoms. The number of aromatic nitrogens is 3. The maximum Gasteiger partial charge on any atom is 0.405 e. The van der Waals surface area contributed by atoms with Crippen LogP contribution >= 0.6 is 11.8 Å². The minimum atomic E-state index is -4.52. The number of nitrogens with two attached hydrogens (primary N) is 1. The normalized spacial score (nSPS) is 13.5. The zero-order chi connectivity index (χ0) is 11.5. The summed E-state index contributed by atoms with van der Waals surface area (Å²) in [7, 11) is 0. The molecule has 5 nitrogen and oxygen atoms in total. The van der Waals surface area contributed by atoms with E-state index in [4.69, 9.17) is 11.0 Å². The Bertz CT molecular complexity index is 368. The number of rotatable bonds is 3. The lowest BCUT2D eigenvalue weighted by Crippen LogP contribution is -2.23. The van der Waals surface area contributed by atoms with Crippen molar-refractivity contribution in [2.45, 2.75) is 11.3 Å². The predicted molar refractivity (Wildman–Crippen MR) is 46.7 cm³/mol. The van der Waals surface area contributed by atoms with E-state index in [1.165, 1.54) is 6.07 Å². The van der Waals surface area contributed by atoms with Crippen LogP contribution in [-0.2, 0) is 0 Å². The average molecular weight is 237 g/mol. The van der Waals surface area contributed by atoms with E-state index in [1.54, 1.807) is 0 Å². The van der Waals surface area contributed by atoms with Crippen LogP contribution in [-0.4, -0.2) is 27.1 Å². The number of halogens is 3. The summed E-state index contributed by atoms with van der Waals surface area (Å²) in [5.74, 6) is -2.45. The largest absolute Gasteiger partial charge is 0.405 e. The number of H-pyrrole nitrogens is 1. The van der Waals surface area contributed by atoms with Crippen molar-refractivity contribution in [1.29, 1.82) is 5.26 Å². The number of hydrogen-bond acceptors (Lipinski definition) is 5. The number of hydrogen-bond donors (Lipinski definition) is 2. The summed E-state index contributed by atoms with van der Waals surface area (Å²) in [6.45, 7) is 0. The van der Waals surface area contributed by atoms with Crippen LogP contribution in [0, 0.1) is 17.2 Å². The zero-order valence-electron chi connectivity index (χ0n) is 7.25. The van der Waals surface area contributed by atoms with Gasteiger partial charge in [-0.3, -0.25) is 0 Å². The van der Waals surface area contributed by atoms with Crippen LogP contribution in [0.15, 0.2) is 5.16 Å². The van der Waals surface area contributed by atoms with E-state index in [1.807, 2.05) is 0 Å². The van der Waals surface area contributed by atoms with E-state index in [-0.39, 0.29) is 11.1 Å². The van der Waals surface area contributed by atoms with Crippen LogP contribution < -0.4 is 5.73 Å². The van der Waals surface area contributed by atoms with Crippen molar-refractivity contribution in [2.24, 2.45) is 5.92 Å². The maximum absolute atomic E-state index is 12.1. The molecule has 1 unspecified atom stereocenters. The summed E-state index contributed by atoms with van der Waals surface area (Å²) in [4.78, 5) is 3.60. The second-order valence-electron chi connectivity index (χ2n) is 2.54. The third-order valence-electron chi connectivity index (χ3n) is 1.41. The fourth-order valence-electron chi connectivity index (χ4n) is 0.686. The van der Waals surface area contributed by atoms with Crippen LogP contribution in [0.1, 0.15) is 0 Å². The van der Waals surface area contributed by atoms with Crippen molar-refractivity contribution in [2.75, 3.05) is 11.5 Å². The molecule has 1 aromatic heterocycles. The van der Waals surface area contributed by atoms with Crippen LogP contribution in [0.4, 0.5) is 19.1 Å². The van der Waals surface area contributed by atoms with Gasteiger partial charge in [-0.2, -0.15) is 23.4 Å². The minimum Gasteiger partial charge on any atom is -0.368 e. The second-order valence-corrected chi connectivity index (χ2v) is 3.52. The first-order valence-corrected chi connectivity index (χ1v) is 4.69. The molecule has 0 saturated carbocycles. The second kappa shape index (κ2) is 4.39. The molecule has 1 aromatic rings. The molecule has 0 fully saturated rings. The number of nitrogens with zero attached hydrogens (tertiary/aromatic N) is 3. The SMILES string of the molecule is N#CC(CSc1n[nH]c(N)n1)C(F)(F)F. The highest BCUT2D eigenvalue weighted by Gasteiger charge is 2.39. The molecule has 0 aromatic carbocycles. The Hall–Kier alpha value is -1.43. The van der Waals surface area contributed by atoms with Gasteiger partial charge in [0.05, 0.1) is 6.07 Å². The maximum atomic E-state index is 12.1. The van der Waals surface area contributed by atoms with Crippen molar-refractivity contribution < 1.29 is 13.2 Å². The lowest BCUT2D eigenvalue weighted by Gasteiger charge is -2.10. The van der Waals surface area contributed by atoms with Gasteiger partial charge in [-0.15, -0.1) is 5.10 Å². The smallest absolute Gasteiger partial charge is 0.368 e. The van der Waals surface area contributed by atoms with E-state index in [9.17, 15) is 13.2 Å². The average Bonchev–Trinajstić information content (AvgIpc) is 2.50. The molecule has 0 aliphatic rings. The number of aromatic amines is 1. The number of nitrogens with one attached hydrogen (secondary N) is 1. The van der Waals surface area contributed by atoms with Gasteiger partial charge in [0.15, 0.2) is 5.92 Å². The summed E-state index contributed by atoms with van der Waals surface area (Å²) >= 11 is 0.725. The first-order chi connectivity index (χ1) is 6.93. The molecule has 82 valence electrons. The Balaban J connectivity index is 2.53. The van der Waals surface area contributed by atoms with E-state index in [0.717, 1.165) is 11.8 Å². The van der Waals surface area contributed by atoms with E-state index in [2.05, 4.69) is 15.2 Å². The number of nitrogen functional groups attached to an aromatic ring is 1. The summed E-state index contributed by atoms with van der Waals surface area (Å²) in [6, 6.07) is 1.18. The van der Waals surface area contributed by atoms with Crippen LogP contribution in [0.2, 0.25) is 0 Å². The number of alkyl halides is 3. The topological polar surface area (TPSA) is 91.4 Å². The van der Waals surface area contributed by atoms with E-state index >= 15 is 0 Å². The molecular weight excluding hydrogens is 231 g/mol. The van der Waals surface area contributed by atoms with Crippen LogP contribution in [0.5, 0.6) is 0 Å². The van der Waals surface area contributed by atoms with Crippen molar-refractivity contribution in [1.82, 2.24) is 15.2 Å². The zero-order valence-corrected chi connectivity index (χ0v) is 8.06. The Kier molecular flexibility index (Phi) is 3.41. The molecule has 1 heterocycles. The monoisotopic (exact) mass is 237 g/mol. The molecule has 0 aliphatic carbocycles. The van der Waals surface area contributed by atoms with Gasteiger partial charge in [0.2, 0.25) is 11.1 Å². The fourth-order valence-corrected chi connectivity index (χ4v) is 1.54. The first kappa shape index (κ1) is 11.6. The quantitative estimate of drug-likeness (QED) is 0.770. The fraction of sp³-hybridized carbons (Fsp3) is 0.500. The Labute approximate surface area is 86.9 Å². The van der Waals surface area contributed by atoms with Gasteiger partial charge in [0.1, 0.15) is 0 Å². The van der Waals surface area contributed by atoms with E-state index < -0.39 is 17.8 Å². The summed E-state index contributed by atoms with van der Waals surface area (Å²) in [5.41, 5.74) is 5.17. The first-order valence-electron chi connectivity index (χ1n) is 3.70. The molecule has 3 N–H and O–H groups in total. The van der Waals surface area contributed by atoms with Crippen LogP contribution in [0.3, 0.4) is 0 Å². The number of nitriles is 1. The molecule has 1 atom stereocenters. The third kappa shape index (κ3) is 3.32. The van der Waals surface area contributed by atoms with Gasteiger partial charge in [0, 0.05) is 5.75 Å². The molecule has 0 spiro atoms. The molecule has 0 amide bonds. The predicted octanol–water partition coefficient (Wildman–Crippen LogP) is 1.18. The summed E-state index contributed by atoms with van der Waals surface area (Å²) in [6.07, 6.45) is -4.52. The Morgan fingerprint density at radius 2 is 2.27 bits per heavy atom. The van der Waals surface area contributed by atoms with E-state index in [0.29, 0.717) is 0 Å². The van der Waals surface area contributed by atoms with Crippen molar-refractivity contribution in [3.63, 3.8) is 0 Å². The lowest BCUT2D eigenvalue weighted by molar-refractivity contribution is -0.152. The summed E-state index contributed by atoms with van der Waals surface area (Å²) < 4.78 is 36.4. The highest BCUT2D eigenvalue weighted by Crippen LogP contribution is 2.30. The van der Waals surface area contributed by atoms with Gasteiger partial charge < -0.3 is 5.73 Å². The van der Waals surface area contributed by atoms with Crippen molar-refractivity contribution in [3.8, 4) is 6.07 Å². The molecule has 0 bridgehead atoms. The van der Waals surface area contributed by atoms with Gasteiger partial charge in [-0.25, -0.2) is 5.10 Å². The Morgan fingerprint density at radius 3 is 2.67 bits per heavy atom. The van der Waals surface area contributed by atoms with Crippen molar-refractivity contribution >= 4 is 17.7 Å². The lowest BCUT2D eigenvalue weighted by atomic mass is 10.2. The van der Waals surface area contributed by atoms with Gasteiger partial charge in [-0.05, 0) is 0 Å². The highest BCUT2D eigenvalue weighted by molar-refractivity contribution is 7.99. The summed E-state index contributed by atoms with van der Waals surface area (Å²) in [5, 5.41) is 14.2. The molecule has 0 radical (unpaired) electrons. The van der Waals surface area contributed by atoms with Crippen LogP contribution in [0.25, 0.3) is 0 Å². The standard InChI is InChI=1S/C6H6F3N5S/c7-6(8,9)3(1-10)2-15-5-12-4(11)13-14-5/h3H,2H2,(H3,11,12,13,14). The van der Waals surface area contributed by atoms with Gasteiger partial charge in [-0.1, -0.05) is 11.8 Å². The molecule has 0 aliphatic heterocycles. The number of thioether (sulfide) groups is 1. The molecular formula is C6H6F3N5S.